The van der Waals surface area contributed by atoms with Gasteiger partial charge in [0.25, 0.3) is 5.69 Å². The summed E-state index contributed by atoms with van der Waals surface area (Å²) < 4.78 is 15.4. The van der Waals surface area contributed by atoms with Crippen LogP contribution in [0.5, 0.6) is 17.2 Å². The third-order valence-electron chi connectivity index (χ3n) is 3.37. The number of nitrogens with one attached hydrogen (secondary N) is 2. The van der Waals surface area contributed by atoms with Gasteiger partial charge in [0, 0.05) is 18.2 Å². The van der Waals surface area contributed by atoms with Crippen LogP contribution in [0.4, 0.5) is 21.9 Å². The Kier molecular flexibility index (Phi) is 6.07. The molecule has 2 aromatic rings. The number of methoxy groups -OCH3 is 3. The molecule has 0 aliphatic rings. The summed E-state index contributed by atoms with van der Waals surface area (Å²) in [5.41, 5.74) is 0.430. The lowest BCUT2D eigenvalue weighted by Crippen LogP contribution is -2.20. The zero-order valence-electron chi connectivity index (χ0n) is 14.2. The Morgan fingerprint density at radius 2 is 1.54 bits per heavy atom. The Balaban J connectivity index is 2.23. The summed E-state index contributed by atoms with van der Waals surface area (Å²) >= 11 is 6.02. The second-order valence-electron chi connectivity index (χ2n) is 4.91. The number of carbonyl (C=O) groups is 1. The van der Waals surface area contributed by atoms with Crippen molar-refractivity contribution in [3.05, 3.63) is 45.5 Å². The number of carbonyl (C=O) groups excluding carboxylic acids is 1. The van der Waals surface area contributed by atoms with Crippen molar-refractivity contribution in [2.24, 2.45) is 0 Å². The number of nitro benzene ring substituents is 1. The number of rotatable bonds is 6. The van der Waals surface area contributed by atoms with E-state index in [2.05, 4.69) is 10.6 Å². The maximum atomic E-state index is 12.3. The quantitative estimate of drug-likeness (QED) is 0.579. The highest BCUT2D eigenvalue weighted by atomic mass is 35.5. The Labute approximate surface area is 154 Å². The maximum Gasteiger partial charge on any atom is 0.323 e. The highest BCUT2D eigenvalue weighted by molar-refractivity contribution is 6.32. The van der Waals surface area contributed by atoms with Crippen molar-refractivity contribution >= 4 is 34.7 Å². The molecule has 10 heteroatoms. The van der Waals surface area contributed by atoms with E-state index in [9.17, 15) is 14.9 Å². The number of halogens is 1. The molecule has 138 valence electrons. The standard InChI is InChI=1S/C16H16ClN3O6/c1-24-13-8-12(15(26-3)7-10(13)17)19-16(21)18-11-5-4-9(20(22)23)6-14(11)25-2/h4-8H,1-3H3,(H2,18,19,21). The SMILES string of the molecule is COc1cc(NC(=O)Nc2ccc([N+](=O)[O-])cc2OC)c(OC)cc1Cl. The number of amides is 2. The van der Waals surface area contributed by atoms with E-state index in [1.165, 1.54) is 51.7 Å². The van der Waals surface area contributed by atoms with Crippen LogP contribution in [0.3, 0.4) is 0 Å². The van der Waals surface area contributed by atoms with Crippen molar-refractivity contribution in [2.45, 2.75) is 0 Å². The smallest absolute Gasteiger partial charge is 0.323 e. The molecule has 0 aliphatic heterocycles. The number of ether oxygens (including phenoxy) is 3. The minimum absolute atomic E-state index is 0.148. The molecule has 0 fully saturated rings. The zero-order valence-corrected chi connectivity index (χ0v) is 14.9. The number of anilines is 2. The number of urea groups is 1. The lowest BCUT2D eigenvalue weighted by Gasteiger charge is -2.14. The van der Waals surface area contributed by atoms with Gasteiger partial charge in [-0.2, -0.15) is 0 Å². The van der Waals surface area contributed by atoms with E-state index in [1.807, 2.05) is 0 Å². The monoisotopic (exact) mass is 381 g/mol. The van der Waals surface area contributed by atoms with Gasteiger partial charge in [-0.3, -0.25) is 10.1 Å². The fourth-order valence-corrected chi connectivity index (χ4v) is 2.36. The van der Waals surface area contributed by atoms with Crippen LogP contribution in [0, 0.1) is 10.1 Å². The first kappa shape index (κ1) is 19.1. The highest BCUT2D eigenvalue weighted by Gasteiger charge is 2.16. The Morgan fingerprint density at radius 3 is 2.12 bits per heavy atom. The van der Waals surface area contributed by atoms with Gasteiger partial charge < -0.3 is 24.8 Å². The van der Waals surface area contributed by atoms with Crippen LogP contribution >= 0.6 is 11.6 Å². The minimum atomic E-state index is -0.611. The highest BCUT2D eigenvalue weighted by Crippen LogP contribution is 2.36. The molecule has 26 heavy (non-hydrogen) atoms. The minimum Gasteiger partial charge on any atom is -0.495 e. The zero-order chi connectivity index (χ0) is 19.3. The largest absolute Gasteiger partial charge is 0.495 e. The third-order valence-corrected chi connectivity index (χ3v) is 3.66. The summed E-state index contributed by atoms with van der Waals surface area (Å²) in [5, 5.41) is 16.3. The molecule has 0 atom stereocenters. The van der Waals surface area contributed by atoms with Gasteiger partial charge in [0.1, 0.15) is 17.2 Å². The number of nitro groups is 1. The van der Waals surface area contributed by atoms with Gasteiger partial charge in [0.2, 0.25) is 0 Å². The van der Waals surface area contributed by atoms with Crippen molar-refractivity contribution in [3.63, 3.8) is 0 Å². The van der Waals surface area contributed by atoms with Crippen molar-refractivity contribution in [2.75, 3.05) is 32.0 Å². The van der Waals surface area contributed by atoms with Gasteiger partial charge in [0.15, 0.2) is 0 Å². The molecular weight excluding hydrogens is 366 g/mol. The lowest BCUT2D eigenvalue weighted by atomic mass is 10.2. The van der Waals surface area contributed by atoms with Crippen LogP contribution in [0.25, 0.3) is 0 Å². The molecule has 2 amide bonds. The molecule has 0 unspecified atom stereocenters. The molecule has 0 saturated carbocycles. The average molecular weight is 382 g/mol. The molecule has 0 aliphatic carbocycles. The van der Waals surface area contributed by atoms with Crippen LogP contribution in [0.2, 0.25) is 5.02 Å². The van der Waals surface area contributed by atoms with E-state index in [4.69, 9.17) is 25.8 Å². The van der Waals surface area contributed by atoms with E-state index < -0.39 is 11.0 Å². The Bertz CT molecular complexity index is 843. The molecule has 0 aromatic heterocycles. The van der Waals surface area contributed by atoms with E-state index in [0.29, 0.717) is 22.2 Å². The Hall–Kier alpha value is -3.20. The molecule has 0 heterocycles. The number of nitrogens with zero attached hydrogens (tertiary/aromatic N) is 1. The summed E-state index contributed by atoms with van der Waals surface area (Å²) in [6, 6.07) is 6.23. The van der Waals surface area contributed by atoms with Gasteiger partial charge in [-0.15, -0.1) is 0 Å². The van der Waals surface area contributed by atoms with E-state index >= 15 is 0 Å². The summed E-state index contributed by atoms with van der Waals surface area (Å²) in [6.45, 7) is 0. The summed E-state index contributed by atoms with van der Waals surface area (Å²) in [4.78, 5) is 22.5. The van der Waals surface area contributed by atoms with Crippen LogP contribution in [0.1, 0.15) is 0 Å². The van der Waals surface area contributed by atoms with Crippen molar-refractivity contribution in [1.82, 2.24) is 0 Å². The predicted molar refractivity (Wildman–Crippen MR) is 96.8 cm³/mol. The van der Waals surface area contributed by atoms with Gasteiger partial charge >= 0.3 is 6.03 Å². The van der Waals surface area contributed by atoms with Gasteiger partial charge in [-0.25, -0.2) is 4.79 Å². The molecule has 2 aromatic carbocycles. The van der Waals surface area contributed by atoms with Crippen molar-refractivity contribution < 1.29 is 23.9 Å². The van der Waals surface area contributed by atoms with Crippen LogP contribution in [-0.2, 0) is 0 Å². The van der Waals surface area contributed by atoms with Gasteiger partial charge in [-0.05, 0) is 6.07 Å². The first-order chi connectivity index (χ1) is 12.4. The predicted octanol–water partition coefficient (Wildman–Crippen LogP) is 3.92. The van der Waals surface area contributed by atoms with Crippen LogP contribution in [0.15, 0.2) is 30.3 Å². The first-order valence-electron chi connectivity index (χ1n) is 7.21. The van der Waals surface area contributed by atoms with Crippen molar-refractivity contribution in [3.8, 4) is 17.2 Å². The normalized spacial score (nSPS) is 10.0. The molecule has 0 bridgehead atoms. The van der Waals surface area contributed by atoms with E-state index in [0.717, 1.165) is 0 Å². The molecule has 2 rings (SSSR count). The van der Waals surface area contributed by atoms with E-state index in [1.54, 1.807) is 0 Å². The van der Waals surface area contributed by atoms with Crippen LogP contribution in [-0.4, -0.2) is 32.3 Å². The fourth-order valence-electron chi connectivity index (χ4n) is 2.13. The number of benzene rings is 2. The molecule has 0 spiro atoms. The van der Waals surface area contributed by atoms with Gasteiger partial charge in [-0.1, -0.05) is 11.6 Å². The maximum absolute atomic E-state index is 12.3. The second kappa shape index (κ2) is 8.26. The fraction of sp³-hybridized carbons (Fsp3) is 0.188. The third kappa shape index (κ3) is 4.25. The van der Waals surface area contributed by atoms with E-state index in [-0.39, 0.29) is 17.1 Å². The van der Waals surface area contributed by atoms with Crippen molar-refractivity contribution in [1.29, 1.82) is 0 Å². The molecule has 2 N–H and O–H groups in total. The second-order valence-corrected chi connectivity index (χ2v) is 5.32. The number of hydrogen-bond acceptors (Lipinski definition) is 6. The molecule has 0 radical (unpaired) electrons. The van der Waals surface area contributed by atoms with Gasteiger partial charge in [0.05, 0.1) is 48.7 Å². The molecular formula is C16H16ClN3O6. The summed E-state index contributed by atoms with van der Waals surface area (Å²) in [7, 11) is 4.22. The summed E-state index contributed by atoms with van der Waals surface area (Å²) in [6.07, 6.45) is 0. The summed E-state index contributed by atoms with van der Waals surface area (Å²) in [5.74, 6) is 0.840. The number of hydrogen-bond donors (Lipinski definition) is 2. The first-order valence-corrected chi connectivity index (χ1v) is 7.59. The molecule has 9 nitrogen and oxygen atoms in total. The topological polar surface area (TPSA) is 112 Å². The molecule has 0 saturated heterocycles. The average Bonchev–Trinajstić information content (AvgIpc) is 2.62. The lowest BCUT2D eigenvalue weighted by molar-refractivity contribution is -0.384. The Morgan fingerprint density at radius 1 is 0.962 bits per heavy atom. The van der Waals surface area contributed by atoms with Crippen LogP contribution < -0.4 is 24.8 Å². The number of non-ortho nitro benzene ring substituents is 1.